The predicted molar refractivity (Wildman–Crippen MR) is 118 cm³/mol. The molecule has 1 saturated carbocycles. The van der Waals surface area contributed by atoms with E-state index in [2.05, 4.69) is 9.88 Å². The van der Waals surface area contributed by atoms with E-state index in [4.69, 9.17) is 9.47 Å². The maximum Gasteiger partial charge on any atom is 0.257 e. The number of aromatic nitrogens is 1. The van der Waals surface area contributed by atoms with Crippen LogP contribution in [-0.4, -0.2) is 71.7 Å². The maximum absolute atomic E-state index is 14.3. The number of morpholine rings is 1. The van der Waals surface area contributed by atoms with Gasteiger partial charge in [0.25, 0.3) is 5.91 Å². The van der Waals surface area contributed by atoms with Crippen molar-refractivity contribution in [3.05, 3.63) is 59.7 Å². The van der Waals surface area contributed by atoms with Gasteiger partial charge >= 0.3 is 0 Å². The highest BCUT2D eigenvalue weighted by Gasteiger charge is 2.56. The fraction of sp³-hybridized carbons (Fsp3) is 0.520. The number of rotatable bonds is 5. The van der Waals surface area contributed by atoms with Crippen LogP contribution in [0, 0.1) is 5.82 Å². The first kappa shape index (κ1) is 21.3. The Balaban J connectivity index is 1.24. The van der Waals surface area contributed by atoms with Crippen LogP contribution < -0.4 is 4.74 Å². The molecule has 0 bridgehead atoms. The van der Waals surface area contributed by atoms with Crippen LogP contribution in [0.25, 0.3) is 0 Å². The van der Waals surface area contributed by atoms with E-state index >= 15 is 0 Å². The number of carbonyl (C=O) groups is 1. The van der Waals surface area contributed by atoms with Gasteiger partial charge in [-0.2, -0.15) is 0 Å². The minimum absolute atomic E-state index is 0.155. The SMILES string of the molecule is COc1cccnc1CCN1CCC2(CC1)CN(C(=O)c1ccccc1F)CC1(CC1)O2. The standard InChI is InChI=1S/C25H30FN3O3/c1-31-22-7-4-13-27-21(22)8-14-28-15-11-25(12-16-28)18-29(17-24(32-25)9-10-24)23(30)19-5-2-3-6-20(19)26/h2-7,13H,8-12,14-18H2,1H3. The molecule has 2 saturated heterocycles. The molecule has 2 spiro atoms. The van der Waals surface area contributed by atoms with Gasteiger partial charge in [-0.1, -0.05) is 12.1 Å². The highest BCUT2D eigenvalue weighted by Crippen LogP contribution is 2.49. The summed E-state index contributed by atoms with van der Waals surface area (Å²) in [6.07, 6.45) is 6.32. The van der Waals surface area contributed by atoms with Crippen LogP contribution in [0.1, 0.15) is 41.7 Å². The molecule has 0 atom stereocenters. The van der Waals surface area contributed by atoms with E-state index in [1.165, 1.54) is 6.07 Å². The van der Waals surface area contributed by atoms with Gasteiger partial charge in [0.15, 0.2) is 0 Å². The molecular weight excluding hydrogens is 409 g/mol. The summed E-state index contributed by atoms with van der Waals surface area (Å²) in [5, 5.41) is 0. The van der Waals surface area contributed by atoms with E-state index in [1.807, 2.05) is 17.0 Å². The lowest BCUT2D eigenvalue weighted by Crippen LogP contribution is -2.61. The van der Waals surface area contributed by atoms with Crippen molar-refractivity contribution in [2.24, 2.45) is 0 Å². The third-order valence-corrected chi connectivity index (χ3v) is 7.09. The van der Waals surface area contributed by atoms with Crippen molar-refractivity contribution in [2.45, 2.75) is 43.3 Å². The molecule has 0 unspecified atom stereocenters. The number of amides is 1. The topological polar surface area (TPSA) is 54.9 Å². The van der Waals surface area contributed by atoms with Crippen molar-refractivity contribution in [1.82, 2.24) is 14.8 Å². The number of pyridine rings is 1. The van der Waals surface area contributed by atoms with Crippen molar-refractivity contribution in [3.63, 3.8) is 0 Å². The summed E-state index contributed by atoms with van der Waals surface area (Å²) in [6.45, 7) is 3.82. The number of benzene rings is 1. The van der Waals surface area contributed by atoms with Gasteiger partial charge in [0.2, 0.25) is 0 Å². The number of likely N-dealkylation sites (tertiary alicyclic amines) is 1. The number of hydrogen-bond acceptors (Lipinski definition) is 5. The zero-order valence-corrected chi connectivity index (χ0v) is 18.6. The third-order valence-electron chi connectivity index (χ3n) is 7.09. The molecule has 1 aliphatic carbocycles. The molecular formula is C25H30FN3O3. The first-order valence-corrected chi connectivity index (χ1v) is 11.5. The second-order valence-electron chi connectivity index (χ2n) is 9.35. The second kappa shape index (κ2) is 8.45. The van der Waals surface area contributed by atoms with E-state index in [9.17, 15) is 9.18 Å². The van der Waals surface area contributed by atoms with E-state index in [-0.39, 0.29) is 22.7 Å². The van der Waals surface area contributed by atoms with Crippen LogP contribution in [0.4, 0.5) is 4.39 Å². The summed E-state index contributed by atoms with van der Waals surface area (Å²) in [6, 6.07) is 10.1. The molecule has 6 nitrogen and oxygen atoms in total. The van der Waals surface area contributed by atoms with Crippen molar-refractivity contribution in [2.75, 3.05) is 39.8 Å². The van der Waals surface area contributed by atoms with Crippen LogP contribution in [-0.2, 0) is 11.2 Å². The van der Waals surface area contributed by atoms with Gasteiger partial charge in [-0.3, -0.25) is 9.78 Å². The lowest BCUT2D eigenvalue weighted by molar-refractivity contribution is -0.179. The van der Waals surface area contributed by atoms with Gasteiger partial charge < -0.3 is 19.3 Å². The quantitative estimate of drug-likeness (QED) is 0.716. The van der Waals surface area contributed by atoms with E-state index in [0.717, 1.165) is 63.2 Å². The van der Waals surface area contributed by atoms with Crippen molar-refractivity contribution >= 4 is 5.91 Å². The highest BCUT2D eigenvalue weighted by molar-refractivity contribution is 5.94. The number of ether oxygens (including phenoxy) is 2. The molecule has 0 N–H and O–H groups in total. The minimum atomic E-state index is -0.456. The van der Waals surface area contributed by atoms with Crippen LogP contribution in [0.5, 0.6) is 5.75 Å². The lowest BCUT2D eigenvalue weighted by atomic mass is 9.87. The fourth-order valence-electron chi connectivity index (χ4n) is 5.13. The molecule has 3 aliphatic rings. The molecule has 32 heavy (non-hydrogen) atoms. The number of methoxy groups -OCH3 is 1. The molecule has 3 heterocycles. The normalized spacial score (nSPS) is 21.6. The average molecular weight is 440 g/mol. The molecule has 1 aromatic heterocycles. The smallest absolute Gasteiger partial charge is 0.257 e. The van der Waals surface area contributed by atoms with Crippen molar-refractivity contribution in [1.29, 1.82) is 0 Å². The van der Waals surface area contributed by atoms with Gasteiger partial charge in [-0.25, -0.2) is 4.39 Å². The Kier molecular flexibility index (Phi) is 5.63. The maximum atomic E-state index is 14.3. The Morgan fingerprint density at radius 1 is 1.09 bits per heavy atom. The molecule has 1 amide bonds. The van der Waals surface area contributed by atoms with Crippen LogP contribution in [0.2, 0.25) is 0 Å². The Morgan fingerprint density at radius 3 is 2.50 bits per heavy atom. The first-order valence-electron chi connectivity index (χ1n) is 11.5. The van der Waals surface area contributed by atoms with Crippen molar-refractivity contribution < 1.29 is 18.7 Å². The molecule has 2 aliphatic heterocycles. The summed E-state index contributed by atoms with van der Waals surface area (Å²) in [5.41, 5.74) is 0.558. The number of nitrogens with zero attached hydrogens (tertiary/aromatic N) is 3. The third kappa shape index (κ3) is 4.24. The Hall–Kier alpha value is -2.51. The summed E-state index contributed by atoms with van der Waals surface area (Å²) in [4.78, 5) is 21.9. The number of hydrogen-bond donors (Lipinski definition) is 0. The minimum Gasteiger partial charge on any atom is -0.495 e. The first-order chi connectivity index (χ1) is 15.5. The Bertz CT molecular complexity index is 986. The fourth-order valence-corrected chi connectivity index (χ4v) is 5.13. The summed E-state index contributed by atoms with van der Waals surface area (Å²) in [7, 11) is 1.67. The van der Waals surface area contributed by atoms with Gasteiger partial charge in [-0.15, -0.1) is 0 Å². The second-order valence-corrected chi connectivity index (χ2v) is 9.35. The summed E-state index contributed by atoms with van der Waals surface area (Å²) in [5.74, 6) is 0.152. The number of halogens is 1. The van der Waals surface area contributed by atoms with Gasteiger partial charge in [0, 0.05) is 32.3 Å². The monoisotopic (exact) mass is 439 g/mol. The molecule has 3 fully saturated rings. The van der Waals surface area contributed by atoms with Gasteiger partial charge in [0.05, 0.1) is 42.7 Å². The molecule has 1 aromatic carbocycles. The molecule has 0 radical (unpaired) electrons. The zero-order valence-electron chi connectivity index (χ0n) is 18.6. The van der Waals surface area contributed by atoms with Crippen molar-refractivity contribution in [3.8, 4) is 5.75 Å². The van der Waals surface area contributed by atoms with E-state index in [0.29, 0.717) is 13.1 Å². The summed E-state index contributed by atoms with van der Waals surface area (Å²) >= 11 is 0. The molecule has 5 rings (SSSR count). The Morgan fingerprint density at radius 2 is 1.81 bits per heavy atom. The zero-order chi connectivity index (χ0) is 22.2. The highest BCUT2D eigenvalue weighted by atomic mass is 19.1. The molecule has 2 aromatic rings. The van der Waals surface area contributed by atoms with E-state index in [1.54, 1.807) is 31.5 Å². The van der Waals surface area contributed by atoms with Crippen LogP contribution in [0.15, 0.2) is 42.6 Å². The predicted octanol–water partition coefficient (Wildman–Crippen LogP) is 3.31. The average Bonchev–Trinajstić information content (AvgIpc) is 3.56. The molecule has 7 heteroatoms. The Labute approximate surface area is 188 Å². The van der Waals surface area contributed by atoms with Gasteiger partial charge in [0.1, 0.15) is 11.6 Å². The van der Waals surface area contributed by atoms with Crippen LogP contribution in [0.3, 0.4) is 0 Å². The molecule has 170 valence electrons. The van der Waals surface area contributed by atoms with Crippen LogP contribution >= 0.6 is 0 Å². The number of piperidine rings is 1. The largest absolute Gasteiger partial charge is 0.495 e. The van der Waals surface area contributed by atoms with Gasteiger partial charge in [-0.05, 0) is 49.9 Å². The van der Waals surface area contributed by atoms with E-state index < -0.39 is 5.82 Å². The lowest BCUT2D eigenvalue weighted by Gasteiger charge is -2.50. The number of carbonyl (C=O) groups excluding carboxylic acids is 1. The summed E-state index contributed by atoms with van der Waals surface area (Å²) < 4.78 is 26.3.